The number of piperazine rings is 1. The first-order valence-corrected chi connectivity index (χ1v) is 7.67. The molecule has 8 nitrogen and oxygen atoms in total. The Hall–Kier alpha value is -1.45. The number of carboxylic acids is 1. The summed E-state index contributed by atoms with van der Waals surface area (Å²) in [6.07, 6.45) is 0. The molecule has 0 saturated carbocycles. The molecule has 112 valence electrons. The number of sulfonamides is 1. The first-order chi connectivity index (χ1) is 9.25. The Balaban J connectivity index is 2.41. The average molecular weight is 302 g/mol. The number of rotatable bonds is 3. The van der Waals surface area contributed by atoms with Crippen molar-refractivity contribution in [2.75, 3.05) is 26.7 Å². The summed E-state index contributed by atoms with van der Waals surface area (Å²) in [5.41, 5.74) is -0.205. The predicted molar refractivity (Wildman–Crippen MR) is 71.1 cm³/mol. The van der Waals surface area contributed by atoms with E-state index in [0.717, 1.165) is 0 Å². The zero-order valence-electron chi connectivity index (χ0n) is 11.6. The van der Waals surface area contributed by atoms with Gasteiger partial charge in [-0.2, -0.15) is 9.40 Å². The second-order valence-corrected chi connectivity index (χ2v) is 6.90. The largest absolute Gasteiger partial charge is 0.476 e. The Kier molecular flexibility index (Phi) is 3.85. The summed E-state index contributed by atoms with van der Waals surface area (Å²) in [4.78, 5) is 12.9. The summed E-state index contributed by atoms with van der Waals surface area (Å²) >= 11 is 0. The Bertz CT molecular complexity index is 624. The van der Waals surface area contributed by atoms with E-state index in [9.17, 15) is 13.2 Å². The third kappa shape index (κ3) is 2.43. The smallest absolute Gasteiger partial charge is 0.357 e. The maximum atomic E-state index is 12.6. The standard InChI is InChI=1S/C11H18N4O4S/c1-7-6-15(5-4-14(7)3)20(18,19)10-8(2)12-13-9(10)11(16)17/h7H,4-6H2,1-3H3,(H,12,13)(H,16,17). The zero-order chi connectivity index (χ0) is 15.1. The highest BCUT2D eigenvalue weighted by atomic mass is 32.2. The van der Waals surface area contributed by atoms with E-state index in [1.165, 1.54) is 11.2 Å². The second kappa shape index (κ2) is 5.15. The van der Waals surface area contributed by atoms with E-state index in [2.05, 4.69) is 15.1 Å². The van der Waals surface area contributed by atoms with Gasteiger partial charge < -0.3 is 10.0 Å². The van der Waals surface area contributed by atoms with Gasteiger partial charge in [0.2, 0.25) is 10.0 Å². The lowest BCUT2D eigenvalue weighted by atomic mass is 10.2. The first-order valence-electron chi connectivity index (χ1n) is 6.23. The van der Waals surface area contributed by atoms with Crippen LogP contribution in [0.3, 0.4) is 0 Å². The van der Waals surface area contributed by atoms with E-state index < -0.39 is 21.7 Å². The Morgan fingerprint density at radius 1 is 1.45 bits per heavy atom. The number of nitrogens with zero attached hydrogens (tertiary/aromatic N) is 3. The van der Waals surface area contributed by atoms with Gasteiger partial charge in [-0.15, -0.1) is 0 Å². The molecule has 0 aromatic carbocycles. The number of aromatic amines is 1. The van der Waals surface area contributed by atoms with Crippen LogP contribution in [0.4, 0.5) is 0 Å². The molecule has 1 fully saturated rings. The number of likely N-dealkylation sites (N-methyl/N-ethyl adjacent to an activating group) is 1. The highest BCUT2D eigenvalue weighted by Crippen LogP contribution is 2.24. The van der Waals surface area contributed by atoms with Crippen LogP contribution in [-0.4, -0.2) is 71.6 Å². The van der Waals surface area contributed by atoms with Crippen molar-refractivity contribution in [3.05, 3.63) is 11.4 Å². The number of H-pyrrole nitrogens is 1. The molecule has 0 aliphatic carbocycles. The molecule has 0 radical (unpaired) electrons. The minimum atomic E-state index is -3.85. The number of carbonyl (C=O) groups is 1. The van der Waals surface area contributed by atoms with Gasteiger partial charge in [0.25, 0.3) is 0 Å². The number of aryl methyl sites for hydroxylation is 1. The van der Waals surface area contributed by atoms with Gasteiger partial charge in [-0.05, 0) is 20.9 Å². The summed E-state index contributed by atoms with van der Waals surface area (Å²) in [6, 6.07) is 0.0824. The normalized spacial score (nSPS) is 22.1. The molecule has 1 aliphatic rings. The molecule has 2 N–H and O–H groups in total. The average Bonchev–Trinajstić information content (AvgIpc) is 2.75. The summed E-state index contributed by atoms with van der Waals surface area (Å²) in [6.45, 7) is 4.73. The third-order valence-electron chi connectivity index (χ3n) is 3.61. The van der Waals surface area contributed by atoms with E-state index in [1.807, 2.05) is 14.0 Å². The van der Waals surface area contributed by atoms with Crippen LogP contribution in [0.2, 0.25) is 0 Å². The molecule has 1 saturated heterocycles. The molecule has 1 atom stereocenters. The number of aromatic nitrogens is 2. The van der Waals surface area contributed by atoms with E-state index in [1.54, 1.807) is 0 Å². The van der Waals surface area contributed by atoms with Gasteiger partial charge >= 0.3 is 5.97 Å². The van der Waals surface area contributed by atoms with Crippen molar-refractivity contribution in [2.45, 2.75) is 24.8 Å². The highest BCUT2D eigenvalue weighted by Gasteiger charge is 2.36. The minimum Gasteiger partial charge on any atom is -0.476 e. The number of aromatic carboxylic acids is 1. The van der Waals surface area contributed by atoms with Gasteiger partial charge in [0.1, 0.15) is 4.90 Å². The molecule has 1 unspecified atom stereocenters. The van der Waals surface area contributed by atoms with Crippen LogP contribution in [0.1, 0.15) is 23.1 Å². The highest BCUT2D eigenvalue weighted by molar-refractivity contribution is 7.89. The molecule has 20 heavy (non-hydrogen) atoms. The van der Waals surface area contributed by atoms with Crippen LogP contribution in [0.25, 0.3) is 0 Å². The van der Waals surface area contributed by atoms with Crippen LogP contribution >= 0.6 is 0 Å². The van der Waals surface area contributed by atoms with Gasteiger partial charge in [0.05, 0.1) is 5.69 Å². The molecule has 0 bridgehead atoms. The maximum absolute atomic E-state index is 12.6. The van der Waals surface area contributed by atoms with Crippen molar-refractivity contribution in [1.82, 2.24) is 19.4 Å². The summed E-state index contributed by atoms with van der Waals surface area (Å²) in [5.74, 6) is -1.35. The molecular formula is C11H18N4O4S. The van der Waals surface area contributed by atoms with Crippen molar-refractivity contribution in [1.29, 1.82) is 0 Å². The summed E-state index contributed by atoms with van der Waals surface area (Å²) < 4.78 is 26.6. The molecule has 0 spiro atoms. The molecule has 2 rings (SSSR count). The number of hydrogen-bond donors (Lipinski definition) is 2. The van der Waals surface area contributed by atoms with Gasteiger partial charge in [-0.1, -0.05) is 0 Å². The lowest BCUT2D eigenvalue weighted by molar-refractivity contribution is 0.0685. The van der Waals surface area contributed by atoms with Crippen LogP contribution in [0, 0.1) is 6.92 Å². The monoisotopic (exact) mass is 302 g/mol. The Labute approximate surface area is 117 Å². The fraction of sp³-hybridized carbons (Fsp3) is 0.636. The van der Waals surface area contributed by atoms with Gasteiger partial charge in [0, 0.05) is 25.7 Å². The van der Waals surface area contributed by atoms with Crippen LogP contribution in [-0.2, 0) is 10.0 Å². The molecule has 1 aliphatic heterocycles. The molecule has 2 heterocycles. The number of nitrogens with one attached hydrogen (secondary N) is 1. The van der Waals surface area contributed by atoms with Crippen molar-refractivity contribution in [3.63, 3.8) is 0 Å². The van der Waals surface area contributed by atoms with E-state index >= 15 is 0 Å². The van der Waals surface area contributed by atoms with Gasteiger partial charge in [-0.25, -0.2) is 13.2 Å². The second-order valence-electron chi connectivity index (χ2n) is 5.02. The minimum absolute atomic E-state index is 0.0824. The fourth-order valence-corrected chi connectivity index (χ4v) is 4.04. The van der Waals surface area contributed by atoms with Crippen molar-refractivity contribution >= 4 is 16.0 Å². The Morgan fingerprint density at radius 2 is 2.10 bits per heavy atom. The lowest BCUT2D eigenvalue weighted by Gasteiger charge is -2.36. The zero-order valence-corrected chi connectivity index (χ0v) is 12.4. The summed E-state index contributed by atoms with van der Waals surface area (Å²) in [7, 11) is -1.92. The van der Waals surface area contributed by atoms with E-state index in [4.69, 9.17) is 5.11 Å². The quantitative estimate of drug-likeness (QED) is 0.797. The van der Waals surface area contributed by atoms with Crippen molar-refractivity contribution in [2.24, 2.45) is 0 Å². The lowest BCUT2D eigenvalue weighted by Crippen LogP contribution is -2.52. The molecular weight excluding hydrogens is 284 g/mol. The van der Waals surface area contributed by atoms with Crippen LogP contribution in [0.5, 0.6) is 0 Å². The Morgan fingerprint density at radius 3 is 2.65 bits per heavy atom. The van der Waals surface area contributed by atoms with Crippen molar-refractivity contribution in [3.8, 4) is 0 Å². The molecule has 1 aromatic rings. The first kappa shape index (κ1) is 14.9. The number of carboxylic acid groups (broad SMARTS) is 1. The summed E-state index contributed by atoms with van der Waals surface area (Å²) in [5, 5.41) is 15.1. The third-order valence-corrected chi connectivity index (χ3v) is 5.64. The molecule has 9 heteroatoms. The molecule has 0 amide bonds. The van der Waals surface area contributed by atoms with Crippen molar-refractivity contribution < 1.29 is 18.3 Å². The van der Waals surface area contributed by atoms with Crippen LogP contribution in [0.15, 0.2) is 4.90 Å². The molecule has 1 aromatic heterocycles. The fourth-order valence-electron chi connectivity index (χ4n) is 2.24. The van der Waals surface area contributed by atoms with Gasteiger partial charge in [0.15, 0.2) is 5.69 Å². The van der Waals surface area contributed by atoms with E-state index in [-0.39, 0.29) is 16.6 Å². The number of hydrogen-bond acceptors (Lipinski definition) is 5. The van der Waals surface area contributed by atoms with E-state index in [0.29, 0.717) is 19.6 Å². The van der Waals surface area contributed by atoms with Crippen LogP contribution < -0.4 is 0 Å². The predicted octanol–water partition coefficient (Wildman–Crippen LogP) is -0.259. The van der Waals surface area contributed by atoms with Gasteiger partial charge in [-0.3, -0.25) is 5.10 Å². The topological polar surface area (TPSA) is 107 Å². The SMILES string of the molecule is Cc1[nH]nc(C(=O)O)c1S(=O)(=O)N1CCN(C)C(C)C1. The maximum Gasteiger partial charge on any atom is 0.357 e.